The number of nitrogens with one attached hydrogen (secondary N) is 1. The van der Waals surface area contributed by atoms with E-state index in [0.29, 0.717) is 6.54 Å². The Kier molecular flexibility index (Phi) is 11.1. The Morgan fingerprint density at radius 1 is 1.03 bits per heavy atom. The van der Waals surface area contributed by atoms with Crippen LogP contribution in [0.15, 0.2) is 42.1 Å². The van der Waals surface area contributed by atoms with Gasteiger partial charge in [0.25, 0.3) is 5.91 Å². The summed E-state index contributed by atoms with van der Waals surface area (Å²) in [5.41, 5.74) is 1.37. The standard InChI is InChI=1S/C26H39N3O/c1-22(2)29(20-23-15-11-10-12-16-23)21-24(19-27)26(30)28-25-17-13-8-6-4-3-5-7-9-14-18-25/h10-12,15-16,21-22,25H,3-9,13-14,17-18,20H2,1-2H3,(H,28,30)/b24-21-. The first-order chi connectivity index (χ1) is 14.6. The first-order valence-corrected chi connectivity index (χ1v) is 11.8. The number of hydrogen-bond acceptors (Lipinski definition) is 3. The molecule has 164 valence electrons. The molecule has 1 aromatic carbocycles. The fourth-order valence-electron chi connectivity index (χ4n) is 4.05. The van der Waals surface area contributed by atoms with Crippen LogP contribution in [0, 0.1) is 11.3 Å². The smallest absolute Gasteiger partial charge is 0.263 e. The van der Waals surface area contributed by atoms with E-state index in [1.54, 1.807) is 6.20 Å². The highest BCUT2D eigenvalue weighted by Crippen LogP contribution is 2.18. The van der Waals surface area contributed by atoms with Crippen molar-refractivity contribution in [2.75, 3.05) is 0 Å². The van der Waals surface area contributed by atoms with Crippen LogP contribution in [-0.4, -0.2) is 22.9 Å². The van der Waals surface area contributed by atoms with Gasteiger partial charge in [0, 0.05) is 24.8 Å². The quantitative estimate of drug-likeness (QED) is 0.456. The van der Waals surface area contributed by atoms with Gasteiger partial charge in [-0.15, -0.1) is 0 Å². The monoisotopic (exact) mass is 409 g/mol. The molecule has 0 heterocycles. The van der Waals surface area contributed by atoms with Crippen molar-refractivity contribution in [3.63, 3.8) is 0 Å². The molecule has 4 heteroatoms. The number of rotatable bonds is 6. The molecule has 1 saturated carbocycles. The van der Waals surface area contributed by atoms with Crippen LogP contribution in [0.4, 0.5) is 0 Å². The van der Waals surface area contributed by atoms with Crippen LogP contribution in [0.3, 0.4) is 0 Å². The highest BCUT2D eigenvalue weighted by molar-refractivity contribution is 5.97. The Bertz CT molecular complexity index is 678. The van der Waals surface area contributed by atoms with Crippen molar-refractivity contribution < 1.29 is 4.79 Å². The van der Waals surface area contributed by atoms with Crippen LogP contribution >= 0.6 is 0 Å². The molecule has 4 nitrogen and oxygen atoms in total. The normalized spacial score (nSPS) is 17.5. The third-order valence-electron chi connectivity index (χ3n) is 5.97. The maximum atomic E-state index is 12.9. The minimum Gasteiger partial charge on any atom is -0.369 e. The molecule has 0 unspecified atom stereocenters. The van der Waals surface area contributed by atoms with Crippen molar-refractivity contribution in [3.05, 3.63) is 47.7 Å². The predicted molar refractivity (Wildman–Crippen MR) is 124 cm³/mol. The van der Waals surface area contributed by atoms with Crippen LogP contribution in [0.1, 0.15) is 90.0 Å². The molecule has 0 radical (unpaired) electrons. The zero-order chi connectivity index (χ0) is 21.6. The highest BCUT2D eigenvalue weighted by Gasteiger charge is 2.18. The molecule has 0 aliphatic heterocycles. The van der Waals surface area contributed by atoms with E-state index in [-0.39, 0.29) is 23.6 Å². The molecule has 30 heavy (non-hydrogen) atoms. The van der Waals surface area contributed by atoms with Crippen molar-refractivity contribution in [3.8, 4) is 6.07 Å². The average Bonchev–Trinajstić information content (AvgIpc) is 2.73. The van der Waals surface area contributed by atoms with Gasteiger partial charge in [0.05, 0.1) is 0 Å². The number of benzene rings is 1. The van der Waals surface area contributed by atoms with Crippen molar-refractivity contribution in [1.29, 1.82) is 5.26 Å². The zero-order valence-electron chi connectivity index (χ0n) is 18.9. The van der Waals surface area contributed by atoms with Gasteiger partial charge in [0.1, 0.15) is 11.6 Å². The molecule has 0 bridgehead atoms. The predicted octanol–water partition coefficient (Wildman–Crippen LogP) is 6.09. The summed E-state index contributed by atoms with van der Waals surface area (Å²) in [5, 5.41) is 12.8. The maximum Gasteiger partial charge on any atom is 0.263 e. The SMILES string of the molecule is CC(C)N(/C=C(/C#N)C(=O)NC1CCCCCCCCCCC1)Cc1ccccc1. The van der Waals surface area contributed by atoms with Crippen LogP contribution in [0.2, 0.25) is 0 Å². The van der Waals surface area contributed by atoms with E-state index in [9.17, 15) is 10.1 Å². The largest absolute Gasteiger partial charge is 0.369 e. The second-order valence-corrected chi connectivity index (χ2v) is 8.84. The van der Waals surface area contributed by atoms with E-state index in [2.05, 4.69) is 42.3 Å². The third-order valence-corrected chi connectivity index (χ3v) is 5.97. The van der Waals surface area contributed by atoms with Crippen molar-refractivity contribution in [2.24, 2.45) is 0 Å². The first-order valence-electron chi connectivity index (χ1n) is 11.8. The summed E-state index contributed by atoms with van der Waals surface area (Å²) in [6.45, 7) is 4.85. The van der Waals surface area contributed by atoms with E-state index in [1.165, 1.54) is 50.5 Å². The molecule has 0 atom stereocenters. The van der Waals surface area contributed by atoms with Crippen LogP contribution in [-0.2, 0) is 11.3 Å². The number of nitrogens with zero attached hydrogens (tertiary/aromatic N) is 2. The van der Waals surface area contributed by atoms with Crippen LogP contribution in [0.25, 0.3) is 0 Å². The van der Waals surface area contributed by atoms with E-state index in [0.717, 1.165) is 25.7 Å². The second kappa shape index (κ2) is 13.9. The molecular formula is C26H39N3O. The lowest BCUT2D eigenvalue weighted by atomic mass is 9.97. The summed E-state index contributed by atoms with van der Waals surface area (Å²) < 4.78 is 0. The Morgan fingerprint density at radius 3 is 2.07 bits per heavy atom. The molecule has 1 fully saturated rings. The zero-order valence-corrected chi connectivity index (χ0v) is 18.9. The molecule has 0 aromatic heterocycles. The van der Waals surface area contributed by atoms with Gasteiger partial charge in [-0.2, -0.15) is 5.26 Å². The molecule has 1 N–H and O–H groups in total. The minimum absolute atomic E-state index is 0.176. The minimum atomic E-state index is -0.228. The Hall–Kier alpha value is -2.28. The lowest BCUT2D eigenvalue weighted by Crippen LogP contribution is -2.36. The van der Waals surface area contributed by atoms with Crippen molar-refractivity contribution >= 4 is 5.91 Å². The number of nitriles is 1. The van der Waals surface area contributed by atoms with Gasteiger partial charge in [0.15, 0.2) is 0 Å². The van der Waals surface area contributed by atoms with E-state index in [4.69, 9.17) is 0 Å². The van der Waals surface area contributed by atoms with E-state index >= 15 is 0 Å². The van der Waals surface area contributed by atoms with Crippen molar-refractivity contribution in [2.45, 2.75) is 103 Å². The van der Waals surface area contributed by atoms with Gasteiger partial charge in [0.2, 0.25) is 0 Å². The number of amides is 1. The summed E-state index contributed by atoms with van der Waals surface area (Å²) in [4.78, 5) is 15.0. The number of carbonyl (C=O) groups excluding carboxylic acids is 1. The molecular weight excluding hydrogens is 370 g/mol. The molecule has 0 saturated heterocycles. The summed E-state index contributed by atoms with van der Waals surface area (Å²) in [5.74, 6) is -0.228. The first kappa shape index (κ1) is 24.0. The van der Waals surface area contributed by atoms with Gasteiger partial charge >= 0.3 is 0 Å². The van der Waals surface area contributed by atoms with Gasteiger partial charge in [-0.3, -0.25) is 4.79 Å². The summed E-state index contributed by atoms with van der Waals surface area (Å²) >= 11 is 0. The van der Waals surface area contributed by atoms with Crippen LogP contribution < -0.4 is 5.32 Å². The number of hydrogen-bond donors (Lipinski definition) is 1. The second-order valence-electron chi connectivity index (χ2n) is 8.84. The van der Waals surface area contributed by atoms with Crippen LogP contribution in [0.5, 0.6) is 0 Å². The fourth-order valence-corrected chi connectivity index (χ4v) is 4.05. The van der Waals surface area contributed by atoms with Gasteiger partial charge < -0.3 is 10.2 Å². The highest BCUT2D eigenvalue weighted by atomic mass is 16.1. The third kappa shape index (κ3) is 9.03. The van der Waals surface area contributed by atoms with E-state index in [1.807, 2.05) is 18.2 Å². The Balaban J connectivity index is 2.01. The lowest BCUT2D eigenvalue weighted by molar-refractivity contribution is -0.118. The average molecular weight is 410 g/mol. The lowest BCUT2D eigenvalue weighted by Gasteiger charge is -2.26. The van der Waals surface area contributed by atoms with Gasteiger partial charge in [-0.05, 0) is 32.3 Å². The van der Waals surface area contributed by atoms with Gasteiger partial charge in [-0.25, -0.2) is 0 Å². The van der Waals surface area contributed by atoms with E-state index < -0.39 is 0 Å². The Morgan fingerprint density at radius 2 is 1.57 bits per heavy atom. The summed E-state index contributed by atoms with van der Waals surface area (Å²) in [6.07, 6.45) is 15.2. The fraction of sp³-hybridized carbons (Fsp3) is 0.615. The van der Waals surface area contributed by atoms with Crippen molar-refractivity contribution in [1.82, 2.24) is 10.2 Å². The summed E-state index contributed by atoms with van der Waals surface area (Å²) in [6, 6.07) is 12.7. The summed E-state index contributed by atoms with van der Waals surface area (Å²) in [7, 11) is 0. The number of carbonyl (C=O) groups is 1. The molecule has 0 spiro atoms. The maximum absolute atomic E-state index is 12.9. The molecule has 1 aliphatic carbocycles. The Labute approximate surface area is 183 Å². The topological polar surface area (TPSA) is 56.1 Å². The van der Waals surface area contributed by atoms with Gasteiger partial charge in [-0.1, -0.05) is 88.1 Å². The molecule has 1 aliphatic rings. The molecule has 1 aromatic rings. The molecule has 1 amide bonds. The molecule has 2 rings (SSSR count).